The van der Waals surface area contributed by atoms with Crippen molar-refractivity contribution in [3.63, 3.8) is 0 Å². The van der Waals surface area contributed by atoms with Gasteiger partial charge in [0, 0.05) is 18.4 Å². The maximum Gasteiger partial charge on any atom is 0.327 e. The Balaban J connectivity index is 2.46. The summed E-state index contributed by atoms with van der Waals surface area (Å²) in [6, 6.07) is 0. The largest absolute Gasteiger partial charge is 0.478 e. The molecule has 0 unspecified atom stereocenters. The molecule has 1 saturated carbocycles. The Morgan fingerprint density at radius 2 is 1.93 bits per heavy atom. The molecule has 6 atom stereocenters. The molecular formula is C22H38O5. The van der Waals surface area contributed by atoms with Crippen LogP contribution < -0.4 is 0 Å². The van der Waals surface area contributed by atoms with E-state index in [-0.39, 0.29) is 11.8 Å². The van der Waals surface area contributed by atoms with Crippen molar-refractivity contribution in [1.29, 1.82) is 0 Å². The van der Waals surface area contributed by atoms with Crippen molar-refractivity contribution in [3.8, 4) is 0 Å². The lowest BCUT2D eigenvalue weighted by Gasteiger charge is -2.21. The van der Waals surface area contributed by atoms with Gasteiger partial charge >= 0.3 is 5.97 Å². The average molecular weight is 383 g/mol. The molecule has 0 aromatic heterocycles. The molecule has 5 nitrogen and oxygen atoms in total. The third-order valence-electron chi connectivity index (χ3n) is 5.58. The standard InChI is InChI=1S/C22H38O5/c1-3-4-9-16(2)14-17(23)12-13-19-18(20(24)15-21(19)25)10-7-5-6-8-11-22(26)27/h8,11-13,16-21,23-25H,3-7,9-10,14-15H2,1-2H3,(H,26,27)/b11-8+,13-12+/t16-,17+,18+,19+,20+,21+/m0/s1. The molecule has 0 spiro atoms. The van der Waals surface area contributed by atoms with Crippen molar-refractivity contribution in [2.75, 3.05) is 0 Å². The zero-order valence-corrected chi connectivity index (χ0v) is 16.8. The monoisotopic (exact) mass is 382 g/mol. The molecule has 0 aromatic rings. The number of rotatable bonds is 13. The fourth-order valence-electron chi connectivity index (χ4n) is 4.02. The number of allylic oxidation sites excluding steroid dienone is 1. The highest BCUT2D eigenvalue weighted by Crippen LogP contribution is 2.37. The summed E-state index contributed by atoms with van der Waals surface area (Å²) in [7, 11) is 0. The minimum atomic E-state index is -0.933. The van der Waals surface area contributed by atoms with Gasteiger partial charge in [0.25, 0.3) is 0 Å². The normalized spacial score (nSPS) is 28.2. The van der Waals surface area contributed by atoms with E-state index in [0.717, 1.165) is 44.6 Å². The van der Waals surface area contributed by atoms with Gasteiger partial charge in [-0.05, 0) is 37.5 Å². The van der Waals surface area contributed by atoms with E-state index in [9.17, 15) is 20.1 Å². The number of aliphatic hydroxyl groups excluding tert-OH is 3. The van der Waals surface area contributed by atoms with Crippen LogP contribution in [0.25, 0.3) is 0 Å². The van der Waals surface area contributed by atoms with Crippen molar-refractivity contribution in [2.24, 2.45) is 17.8 Å². The SMILES string of the molecule is CCCC[C@H](C)C[C@H](O)/C=C/[C@@H]1[C@@H](CCCC/C=C/C(=O)O)[C@H](O)C[C@H]1O. The highest BCUT2D eigenvalue weighted by Gasteiger charge is 2.39. The smallest absolute Gasteiger partial charge is 0.327 e. The lowest BCUT2D eigenvalue weighted by atomic mass is 9.87. The lowest BCUT2D eigenvalue weighted by molar-refractivity contribution is -0.131. The van der Waals surface area contributed by atoms with Crippen molar-refractivity contribution in [1.82, 2.24) is 0 Å². The average Bonchev–Trinajstić information content (AvgIpc) is 2.87. The van der Waals surface area contributed by atoms with Gasteiger partial charge in [0.15, 0.2) is 0 Å². The van der Waals surface area contributed by atoms with Crippen LogP contribution >= 0.6 is 0 Å². The summed E-state index contributed by atoms with van der Waals surface area (Å²) >= 11 is 0. The van der Waals surface area contributed by atoms with Gasteiger partial charge in [-0.15, -0.1) is 0 Å². The molecule has 4 N–H and O–H groups in total. The molecule has 1 aliphatic carbocycles. The summed E-state index contributed by atoms with van der Waals surface area (Å²) in [5.41, 5.74) is 0. The molecule has 1 fully saturated rings. The predicted octanol–water partition coefficient (Wildman–Crippen LogP) is 3.68. The summed E-state index contributed by atoms with van der Waals surface area (Å²) in [5, 5.41) is 39.4. The molecule has 1 rings (SSSR count). The van der Waals surface area contributed by atoms with Crippen LogP contribution in [0.3, 0.4) is 0 Å². The van der Waals surface area contributed by atoms with Crippen molar-refractivity contribution >= 4 is 5.97 Å². The zero-order chi connectivity index (χ0) is 20.2. The Morgan fingerprint density at radius 3 is 2.59 bits per heavy atom. The third kappa shape index (κ3) is 9.54. The van der Waals surface area contributed by atoms with Crippen LogP contribution in [0.1, 0.15) is 71.6 Å². The Bertz CT molecular complexity index is 473. The predicted molar refractivity (Wildman–Crippen MR) is 107 cm³/mol. The van der Waals surface area contributed by atoms with Gasteiger partial charge in [-0.2, -0.15) is 0 Å². The molecule has 0 radical (unpaired) electrons. The molecule has 0 heterocycles. The maximum absolute atomic E-state index is 10.4. The minimum Gasteiger partial charge on any atom is -0.478 e. The second kappa shape index (κ2) is 13.1. The Hall–Kier alpha value is -1.17. The van der Waals surface area contributed by atoms with Crippen LogP contribution in [0.2, 0.25) is 0 Å². The first-order valence-electron chi connectivity index (χ1n) is 10.5. The summed E-state index contributed by atoms with van der Waals surface area (Å²) in [5.74, 6) is -0.602. The molecule has 156 valence electrons. The summed E-state index contributed by atoms with van der Waals surface area (Å²) in [6.07, 6.45) is 12.7. The number of carbonyl (C=O) groups is 1. The number of aliphatic carboxylic acids is 1. The first-order valence-corrected chi connectivity index (χ1v) is 10.5. The summed E-state index contributed by atoms with van der Waals surface area (Å²) in [6.45, 7) is 4.32. The summed E-state index contributed by atoms with van der Waals surface area (Å²) < 4.78 is 0. The number of unbranched alkanes of at least 4 members (excludes halogenated alkanes) is 3. The van der Waals surface area contributed by atoms with E-state index in [2.05, 4.69) is 13.8 Å². The Morgan fingerprint density at radius 1 is 1.19 bits per heavy atom. The van der Waals surface area contributed by atoms with Gasteiger partial charge < -0.3 is 20.4 Å². The first-order chi connectivity index (χ1) is 12.8. The Labute approximate surface area is 163 Å². The van der Waals surface area contributed by atoms with Crippen LogP contribution in [0, 0.1) is 17.8 Å². The molecule has 0 bridgehead atoms. The number of hydrogen-bond acceptors (Lipinski definition) is 4. The van der Waals surface area contributed by atoms with Gasteiger partial charge in [0.1, 0.15) is 0 Å². The van der Waals surface area contributed by atoms with E-state index in [4.69, 9.17) is 5.11 Å². The Kier molecular flexibility index (Phi) is 11.6. The number of carboxylic acid groups (broad SMARTS) is 1. The molecule has 0 saturated heterocycles. The fraction of sp³-hybridized carbons (Fsp3) is 0.773. The molecule has 27 heavy (non-hydrogen) atoms. The first kappa shape index (κ1) is 23.9. The van der Waals surface area contributed by atoms with Gasteiger partial charge in [-0.1, -0.05) is 57.8 Å². The van der Waals surface area contributed by atoms with Crippen molar-refractivity contribution < 1.29 is 25.2 Å². The number of hydrogen-bond donors (Lipinski definition) is 4. The second-order valence-electron chi connectivity index (χ2n) is 8.07. The van der Waals surface area contributed by atoms with Gasteiger partial charge in [-0.25, -0.2) is 4.79 Å². The highest BCUT2D eigenvalue weighted by atomic mass is 16.4. The minimum absolute atomic E-state index is 0.00980. The topological polar surface area (TPSA) is 98.0 Å². The maximum atomic E-state index is 10.4. The lowest BCUT2D eigenvalue weighted by Crippen LogP contribution is -2.21. The van der Waals surface area contributed by atoms with E-state index in [1.807, 2.05) is 6.08 Å². The highest BCUT2D eigenvalue weighted by molar-refractivity contribution is 5.79. The summed E-state index contributed by atoms with van der Waals surface area (Å²) in [4.78, 5) is 10.4. The van der Waals surface area contributed by atoms with Gasteiger partial charge in [0.05, 0.1) is 18.3 Å². The molecule has 0 amide bonds. The quantitative estimate of drug-likeness (QED) is 0.221. The molecule has 1 aliphatic rings. The molecule has 0 aromatic carbocycles. The van der Waals surface area contributed by atoms with E-state index in [1.165, 1.54) is 6.42 Å². The van der Waals surface area contributed by atoms with Crippen LogP contribution in [0.4, 0.5) is 0 Å². The van der Waals surface area contributed by atoms with Crippen LogP contribution in [-0.4, -0.2) is 44.7 Å². The fourth-order valence-corrected chi connectivity index (χ4v) is 4.02. The van der Waals surface area contributed by atoms with E-state index in [0.29, 0.717) is 18.8 Å². The number of aliphatic hydroxyl groups is 3. The van der Waals surface area contributed by atoms with Crippen molar-refractivity contribution in [2.45, 2.75) is 89.9 Å². The zero-order valence-electron chi connectivity index (χ0n) is 16.8. The third-order valence-corrected chi connectivity index (χ3v) is 5.58. The van der Waals surface area contributed by atoms with Gasteiger partial charge in [0.2, 0.25) is 0 Å². The number of carboxylic acids is 1. The van der Waals surface area contributed by atoms with Gasteiger partial charge in [-0.3, -0.25) is 0 Å². The molecule has 0 aliphatic heterocycles. The van der Waals surface area contributed by atoms with Crippen LogP contribution in [0.15, 0.2) is 24.3 Å². The molecule has 5 heteroatoms. The van der Waals surface area contributed by atoms with Crippen LogP contribution in [-0.2, 0) is 4.79 Å². The van der Waals surface area contributed by atoms with Crippen molar-refractivity contribution in [3.05, 3.63) is 24.3 Å². The molecular weight excluding hydrogens is 344 g/mol. The van der Waals surface area contributed by atoms with E-state index >= 15 is 0 Å². The second-order valence-corrected chi connectivity index (χ2v) is 8.07. The van der Waals surface area contributed by atoms with E-state index in [1.54, 1.807) is 12.2 Å². The van der Waals surface area contributed by atoms with E-state index < -0.39 is 24.3 Å². The van der Waals surface area contributed by atoms with Crippen LogP contribution in [0.5, 0.6) is 0 Å².